The van der Waals surface area contributed by atoms with Crippen LogP contribution in [0.3, 0.4) is 0 Å². The van der Waals surface area contributed by atoms with Crippen molar-refractivity contribution in [2.24, 2.45) is 0 Å². The fourth-order valence-electron chi connectivity index (χ4n) is 3.69. The molecule has 0 aliphatic carbocycles. The number of hydrogen-bond donors (Lipinski definition) is 2. The highest BCUT2D eigenvalue weighted by molar-refractivity contribution is 7.99. The molecule has 4 amide bonds. The van der Waals surface area contributed by atoms with Crippen LogP contribution in [0.4, 0.5) is 16.2 Å². The maximum atomic E-state index is 13.5. The lowest BCUT2D eigenvalue weighted by molar-refractivity contribution is -0.135. The monoisotopic (exact) mass is 470 g/mol. The van der Waals surface area contributed by atoms with Gasteiger partial charge in [-0.15, -0.1) is 11.8 Å². The largest absolute Gasteiger partial charge is 0.497 e. The van der Waals surface area contributed by atoms with Gasteiger partial charge < -0.3 is 29.9 Å². The molecule has 33 heavy (non-hydrogen) atoms. The van der Waals surface area contributed by atoms with Gasteiger partial charge in [-0.1, -0.05) is 18.2 Å². The summed E-state index contributed by atoms with van der Waals surface area (Å²) in [5, 5.41) is 5.50. The van der Waals surface area contributed by atoms with Gasteiger partial charge in [0.2, 0.25) is 5.91 Å². The van der Waals surface area contributed by atoms with Crippen LogP contribution in [0, 0.1) is 0 Å². The van der Waals surface area contributed by atoms with Crippen LogP contribution < -0.4 is 20.3 Å². The molecule has 2 heterocycles. The predicted molar refractivity (Wildman–Crippen MR) is 126 cm³/mol. The second-order valence-corrected chi connectivity index (χ2v) is 8.64. The molecule has 0 radical (unpaired) electrons. The van der Waals surface area contributed by atoms with Gasteiger partial charge in [-0.2, -0.15) is 0 Å². The van der Waals surface area contributed by atoms with Crippen LogP contribution in [-0.4, -0.2) is 74.5 Å². The van der Waals surface area contributed by atoms with Gasteiger partial charge in [-0.25, -0.2) is 4.79 Å². The number of nitrogens with zero attached hydrogens (tertiary/aromatic N) is 2. The van der Waals surface area contributed by atoms with Gasteiger partial charge in [0.05, 0.1) is 26.0 Å². The van der Waals surface area contributed by atoms with E-state index in [4.69, 9.17) is 9.47 Å². The van der Waals surface area contributed by atoms with E-state index in [0.29, 0.717) is 49.2 Å². The van der Waals surface area contributed by atoms with Crippen LogP contribution in [0.1, 0.15) is 0 Å². The molecule has 0 aromatic heterocycles. The first-order chi connectivity index (χ1) is 16.0. The highest BCUT2D eigenvalue weighted by atomic mass is 32.2. The Balaban J connectivity index is 1.49. The van der Waals surface area contributed by atoms with Gasteiger partial charge in [-0.05, 0) is 24.3 Å². The number of fused-ring (bicyclic) bond motifs is 1. The third-order valence-corrected chi connectivity index (χ3v) is 6.57. The fourth-order valence-corrected chi connectivity index (χ4v) is 4.77. The Morgan fingerprint density at radius 1 is 1.15 bits per heavy atom. The summed E-state index contributed by atoms with van der Waals surface area (Å²) in [5.41, 5.74) is 1.22. The van der Waals surface area contributed by atoms with Crippen LogP contribution in [0.25, 0.3) is 0 Å². The van der Waals surface area contributed by atoms with Crippen molar-refractivity contribution in [1.82, 2.24) is 10.2 Å². The number of ether oxygens (including phenoxy) is 2. The SMILES string of the molecule is COc1cccc(NC(=O)NC2CSc3ccccc3N(CC(=O)N3CCOCC3)C2=O)c1. The van der Waals surface area contributed by atoms with Crippen molar-refractivity contribution in [3.8, 4) is 5.75 Å². The Hall–Kier alpha value is -3.24. The maximum Gasteiger partial charge on any atom is 0.319 e. The second-order valence-electron chi connectivity index (χ2n) is 7.58. The van der Waals surface area contributed by atoms with Crippen molar-refractivity contribution in [3.63, 3.8) is 0 Å². The number of anilines is 2. The molecule has 0 spiro atoms. The first kappa shape index (κ1) is 22.9. The molecule has 2 aliphatic heterocycles. The third kappa shape index (κ3) is 5.58. The first-order valence-corrected chi connectivity index (χ1v) is 11.6. The topological polar surface area (TPSA) is 100 Å². The summed E-state index contributed by atoms with van der Waals surface area (Å²) in [4.78, 5) is 43.1. The Bertz CT molecular complexity index is 1030. The summed E-state index contributed by atoms with van der Waals surface area (Å²) in [5.74, 6) is 0.490. The van der Waals surface area contributed by atoms with Crippen LogP contribution in [0.15, 0.2) is 53.4 Å². The molecule has 2 aromatic carbocycles. The summed E-state index contributed by atoms with van der Waals surface area (Å²) in [6, 6.07) is 13.1. The number of urea groups is 1. The lowest BCUT2D eigenvalue weighted by Crippen LogP contribution is -2.53. The Morgan fingerprint density at radius 2 is 1.94 bits per heavy atom. The van der Waals surface area contributed by atoms with Crippen LogP contribution in [-0.2, 0) is 14.3 Å². The number of hydrogen-bond acceptors (Lipinski definition) is 6. The van der Waals surface area contributed by atoms with Gasteiger partial charge in [0.25, 0.3) is 5.91 Å². The average Bonchev–Trinajstić information content (AvgIpc) is 2.97. The van der Waals surface area contributed by atoms with Gasteiger partial charge in [0.15, 0.2) is 0 Å². The normalized spacial score (nSPS) is 18.2. The lowest BCUT2D eigenvalue weighted by atomic mass is 10.2. The van der Waals surface area contributed by atoms with E-state index in [1.807, 2.05) is 24.3 Å². The minimum atomic E-state index is -0.800. The predicted octanol–water partition coefficient (Wildman–Crippen LogP) is 2.18. The van der Waals surface area contributed by atoms with Gasteiger partial charge in [0.1, 0.15) is 18.3 Å². The van der Waals surface area contributed by atoms with Crippen LogP contribution >= 0.6 is 11.8 Å². The number of carbonyl (C=O) groups excluding carboxylic acids is 3. The number of rotatable bonds is 5. The number of nitrogens with one attached hydrogen (secondary N) is 2. The quantitative estimate of drug-likeness (QED) is 0.695. The van der Waals surface area contributed by atoms with Crippen molar-refractivity contribution in [1.29, 1.82) is 0 Å². The summed E-state index contributed by atoms with van der Waals surface area (Å²) < 4.78 is 10.5. The zero-order chi connectivity index (χ0) is 23.2. The second kappa shape index (κ2) is 10.6. The molecule has 1 unspecified atom stereocenters. The molecule has 4 rings (SSSR count). The third-order valence-electron chi connectivity index (χ3n) is 5.42. The van der Waals surface area contributed by atoms with E-state index in [9.17, 15) is 14.4 Å². The molecule has 2 N–H and O–H groups in total. The number of thioether (sulfide) groups is 1. The number of morpholine rings is 1. The number of methoxy groups -OCH3 is 1. The lowest BCUT2D eigenvalue weighted by Gasteiger charge is -2.31. The molecule has 174 valence electrons. The van der Waals surface area contributed by atoms with E-state index < -0.39 is 12.1 Å². The summed E-state index contributed by atoms with van der Waals surface area (Å²) in [6.07, 6.45) is 0. The first-order valence-electron chi connectivity index (χ1n) is 10.7. The molecule has 2 aromatic rings. The molecule has 2 aliphatic rings. The number of benzene rings is 2. The van der Waals surface area contributed by atoms with Crippen molar-refractivity contribution < 1.29 is 23.9 Å². The number of amides is 4. The zero-order valence-electron chi connectivity index (χ0n) is 18.3. The molecule has 10 heteroatoms. The van der Waals surface area contributed by atoms with E-state index in [2.05, 4.69) is 10.6 Å². The Kier molecular flexibility index (Phi) is 7.36. The molecule has 1 saturated heterocycles. The Morgan fingerprint density at radius 3 is 2.73 bits per heavy atom. The molecule has 9 nitrogen and oxygen atoms in total. The zero-order valence-corrected chi connectivity index (χ0v) is 19.1. The molecule has 1 fully saturated rings. The molecular formula is C23H26N4O5S. The van der Waals surface area contributed by atoms with Gasteiger partial charge >= 0.3 is 6.03 Å². The molecule has 0 saturated carbocycles. The number of para-hydroxylation sites is 1. The fraction of sp³-hybridized carbons (Fsp3) is 0.348. The highest BCUT2D eigenvalue weighted by Crippen LogP contribution is 2.34. The maximum absolute atomic E-state index is 13.5. The van der Waals surface area contributed by atoms with E-state index in [1.165, 1.54) is 16.7 Å². The van der Waals surface area contributed by atoms with Crippen molar-refractivity contribution in [2.75, 3.05) is 55.9 Å². The summed E-state index contributed by atoms with van der Waals surface area (Å²) in [6.45, 7) is 1.89. The van der Waals surface area contributed by atoms with Gasteiger partial charge in [0, 0.05) is 35.5 Å². The van der Waals surface area contributed by atoms with E-state index in [0.717, 1.165) is 4.90 Å². The van der Waals surface area contributed by atoms with Crippen molar-refractivity contribution in [3.05, 3.63) is 48.5 Å². The highest BCUT2D eigenvalue weighted by Gasteiger charge is 2.34. The van der Waals surface area contributed by atoms with E-state index in [1.54, 1.807) is 36.3 Å². The van der Waals surface area contributed by atoms with Crippen LogP contribution in [0.2, 0.25) is 0 Å². The van der Waals surface area contributed by atoms with Gasteiger partial charge in [-0.3, -0.25) is 9.59 Å². The molecule has 1 atom stereocenters. The Labute approximate surface area is 196 Å². The van der Waals surface area contributed by atoms with Crippen molar-refractivity contribution in [2.45, 2.75) is 10.9 Å². The molecular weight excluding hydrogens is 444 g/mol. The minimum absolute atomic E-state index is 0.0912. The minimum Gasteiger partial charge on any atom is -0.497 e. The molecule has 0 bridgehead atoms. The van der Waals surface area contributed by atoms with E-state index in [-0.39, 0.29) is 18.4 Å². The summed E-state index contributed by atoms with van der Waals surface area (Å²) in [7, 11) is 1.55. The average molecular weight is 471 g/mol. The number of carbonyl (C=O) groups is 3. The van der Waals surface area contributed by atoms with Crippen LogP contribution in [0.5, 0.6) is 5.75 Å². The standard InChI is InChI=1S/C23H26N4O5S/c1-31-17-6-4-5-16(13-17)24-23(30)25-18-15-33-20-8-3-2-7-19(20)27(22(18)29)14-21(28)26-9-11-32-12-10-26/h2-8,13,18H,9-12,14-15H2,1H3,(H2,24,25,30). The summed E-state index contributed by atoms with van der Waals surface area (Å²) >= 11 is 1.47. The smallest absolute Gasteiger partial charge is 0.319 e. The van der Waals surface area contributed by atoms with E-state index >= 15 is 0 Å². The van der Waals surface area contributed by atoms with Crippen molar-refractivity contribution >= 4 is 41.0 Å².